The molecule has 0 bridgehead atoms. The molecular weight excluding hydrogens is 392 g/mol. The van der Waals surface area contributed by atoms with Crippen LogP contribution in [-0.4, -0.2) is 60.2 Å². The number of amides is 5. The highest BCUT2D eigenvalue weighted by molar-refractivity contribution is 6.24. The van der Waals surface area contributed by atoms with Crippen LogP contribution in [-0.2, 0) is 14.4 Å². The van der Waals surface area contributed by atoms with Crippen LogP contribution in [0.2, 0.25) is 0 Å². The van der Waals surface area contributed by atoms with E-state index in [9.17, 15) is 24.0 Å². The number of rotatable bonds is 9. The zero-order valence-electron chi connectivity index (χ0n) is 16.4. The van der Waals surface area contributed by atoms with Crippen molar-refractivity contribution in [1.29, 1.82) is 0 Å². The number of nitrogens with one attached hydrogen (secondary N) is 2. The Morgan fingerprint density at radius 1 is 1.17 bits per heavy atom. The maximum atomic E-state index is 12.9. The lowest BCUT2D eigenvalue weighted by Crippen LogP contribution is -2.54. The molecule has 5 amide bonds. The molecule has 30 heavy (non-hydrogen) atoms. The maximum Gasteiger partial charge on any atom is 0.266 e. The average Bonchev–Trinajstić information content (AvgIpc) is 2.97. The average molecular weight is 416 g/mol. The Hall–Kier alpha value is -3.27. The summed E-state index contributed by atoms with van der Waals surface area (Å²) in [5.74, 6) is -2.68. The van der Waals surface area contributed by atoms with Crippen molar-refractivity contribution in [3.63, 3.8) is 0 Å². The van der Waals surface area contributed by atoms with Gasteiger partial charge in [0.2, 0.25) is 11.8 Å². The highest BCUT2D eigenvalue weighted by Gasteiger charge is 2.46. The number of unbranched alkanes of at least 4 members (excludes halogenated alkanes) is 2. The molecule has 1 unspecified atom stereocenters. The fraction of sp³-hybridized carbons (Fsp3) is 0.450. The van der Waals surface area contributed by atoms with Crippen molar-refractivity contribution in [2.24, 2.45) is 5.73 Å². The molecule has 1 aromatic rings. The molecule has 2 aliphatic heterocycles. The first-order valence-electron chi connectivity index (χ1n) is 9.88. The van der Waals surface area contributed by atoms with Gasteiger partial charge in [-0.1, -0.05) is 12.5 Å². The van der Waals surface area contributed by atoms with Crippen molar-refractivity contribution in [2.45, 2.75) is 38.1 Å². The number of hydrogen-bond donors (Lipinski definition) is 3. The van der Waals surface area contributed by atoms with Crippen LogP contribution in [0.5, 0.6) is 5.75 Å². The van der Waals surface area contributed by atoms with Gasteiger partial charge in [0.1, 0.15) is 11.8 Å². The standard InChI is InChI=1S/C20H24N4O6/c21-9-2-1-3-10-22-16(26)11-30-14-6-4-5-12-17(14)20(29)24(19(12)28)13-7-8-15(25)23-18(13)27/h4-6,13H,1-3,7-11,21H2,(H,22,26)(H,23,25,27). The van der Waals surface area contributed by atoms with Gasteiger partial charge in [0.15, 0.2) is 6.61 Å². The number of carbonyl (C=O) groups excluding carboxylic acids is 5. The van der Waals surface area contributed by atoms with Crippen LogP contribution >= 0.6 is 0 Å². The third-order valence-corrected chi connectivity index (χ3v) is 4.99. The van der Waals surface area contributed by atoms with Crippen LogP contribution in [0.15, 0.2) is 18.2 Å². The molecule has 1 saturated heterocycles. The first-order chi connectivity index (χ1) is 14.4. The molecule has 0 radical (unpaired) electrons. The Labute approximate surface area is 173 Å². The molecule has 4 N–H and O–H groups in total. The SMILES string of the molecule is NCCCCCNC(=O)COc1cccc2c1C(=O)N(C1CCC(=O)NC1=O)C2=O. The van der Waals surface area contributed by atoms with E-state index in [0.717, 1.165) is 24.2 Å². The van der Waals surface area contributed by atoms with E-state index in [1.807, 2.05) is 0 Å². The summed E-state index contributed by atoms with van der Waals surface area (Å²) in [6.07, 6.45) is 2.72. The number of ether oxygens (including phenoxy) is 1. The molecule has 2 aliphatic rings. The molecule has 0 saturated carbocycles. The van der Waals surface area contributed by atoms with Gasteiger partial charge in [-0.15, -0.1) is 0 Å². The number of hydrogen-bond acceptors (Lipinski definition) is 7. The molecule has 1 fully saturated rings. The number of fused-ring (bicyclic) bond motifs is 1. The quantitative estimate of drug-likeness (QED) is 0.370. The Balaban J connectivity index is 1.66. The summed E-state index contributed by atoms with van der Waals surface area (Å²) in [5.41, 5.74) is 5.54. The van der Waals surface area contributed by atoms with Crippen molar-refractivity contribution in [3.05, 3.63) is 29.3 Å². The summed E-state index contributed by atoms with van der Waals surface area (Å²) in [4.78, 5) is 62.0. The van der Waals surface area contributed by atoms with Crippen molar-refractivity contribution in [2.75, 3.05) is 19.7 Å². The number of nitrogens with zero attached hydrogens (tertiary/aromatic N) is 1. The minimum atomic E-state index is -1.06. The van der Waals surface area contributed by atoms with Gasteiger partial charge in [-0.25, -0.2) is 0 Å². The highest BCUT2D eigenvalue weighted by Crippen LogP contribution is 2.33. The Morgan fingerprint density at radius 3 is 2.70 bits per heavy atom. The smallest absolute Gasteiger partial charge is 0.266 e. The molecule has 1 aromatic carbocycles. The van der Waals surface area contributed by atoms with E-state index < -0.39 is 29.7 Å². The van der Waals surface area contributed by atoms with Crippen molar-refractivity contribution in [3.8, 4) is 5.75 Å². The largest absolute Gasteiger partial charge is 0.483 e. The molecular formula is C20H24N4O6. The summed E-state index contributed by atoms with van der Waals surface area (Å²) >= 11 is 0. The first kappa shape index (κ1) is 21.4. The van der Waals surface area contributed by atoms with Crippen LogP contribution < -0.4 is 21.1 Å². The molecule has 0 aromatic heterocycles. The van der Waals surface area contributed by atoms with Crippen LogP contribution in [0, 0.1) is 0 Å². The number of nitrogens with two attached hydrogens (primary N) is 1. The van der Waals surface area contributed by atoms with Gasteiger partial charge >= 0.3 is 0 Å². The Kier molecular flexibility index (Phi) is 6.78. The normalized spacial score (nSPS) is 18.3. The fourth-order valence-corrected chi connectivity index (χ4v) is 3.47. The van der Waals surface area contributed by atoms with E-state index in [1.54, 1.807) is 0 Å². The van der Waals surface area contributed by atoms with Gasteiger partial charge < -0.3 is 15.8 Å². The zero-order chi connectivity index (χ0) is 21.7. The highest BCUT2D eigenvalue weighted by atomic mass is 16.5. The fourth-order valence-electron chi connectivity index (χ4n) is 3.47. The second kappa shape index (κ2) is 9.49. The van der Waals surface area contributed by atoms with Crippen molar-refractivity contribution < 1.29 is 28.7 Å². The number of piperidine rings is 1. The van der Waals surface area contributed by atoms with Crippen LogP contribution in [0.3, 0.4) is 0 Å². The zero-order valence-corrected chi connectivity index (χ0v) is 16.4. The molecule has 10 heteroatoms. The summed E-state index contributed by atoms with van der Waals surface area (Å²) < 4.78 is 5.50. The molecule has 0 spiro atoms. The van der Waals surface area contributed by atoms with E-state index in [0.29, 0.717) is 13.1 Å². The topological polar surface area (TPSA) is 148 Å². The predicted octanol–water partition coefficient (Wildman–Crippen LogP) is -0.288. The third kappa shape index (κ3) is 4.48. The molecule has 160 valence electrons. The summed E-state index contributed by atoms with van der Waals surface area (Å²) in [6, 6.07) is 3.44. The molecule has 1 atom stereocenters. The van der Waals surface area contributed by atoms with Crippen LogP contribution in [0.1, 0.15) is 52.8 Å². The number of carbonyl (C=O) groups is 5. The van der Waals surface area contributed by atoms with E-state index in [4.69, 9.17) is 10.5 Å². The van der Waals surface area contributed by atoms with E-state index in [1.165, 1.54) is 18.2 Å². The van der Waals surface area contributed by atoms with E-state index >= 15 is 0 Å². The van der Waals surface area contributed by atoms with Gasteiger partial charge in [0, 0.05) is 13.0 Å². The van der Waals surface area contributed by atoms with Crippen molar-refractivity contribution in [1.82, 2.24) is 15.5 Å². The lowest BCUT2D eigenvalue weighted by molar-refractivity contribution is -0.136. The number of benzene rings is 1. The minimum absolute atomic E-state index is 0.0166. The van der Waals surface area contributed by atoms with Gasteiger partial charge in [-0.05, 0) is 37.9 Å². The van der Waals surface area contributed by atoms with Gasteiger partial charge in [-0.2, -0.15) is 0 Å². The molecule has 3 rings (SSSR count). The Morgan fingerprint density at radius 2 is 1.97 bits per heavy atom. The third-order valence-electron chi connectivity index (χ3n) is 4.99. The monoisotopic (exact) mass is 416 g/mol. The molecule has 2 heterocycles. The van der Waals surface area contributed by atoms with E-state index in [2.05, 4.69) is 10.6 Å². The lowest BCUT2D eigenvalue weighted by atomic mass is 10.0. The second-order valence-electron chi connectivity index (χ2n) is 7.11. The first-order valence-corrected chi connectivity index (χ1v) is 9.88. The summed E-state index contributed by atoms with van der Waals surface area (Å²) in [5, 5.41) is 4.86. The predicted molar refractivity (Wildman–Crippen MR) is 105 cm³/mol. The van der Waals surface area contributed by atoms with E-state index in [-0.39, 0.29) is 42.2 Å². The van der Waals surface area contributed by atoms with Crippen LogP contribution in [0.4, 0.5) is 0 Å². The summed E-state index contributed by atoms with van der Waals surface area (Å²) in [7, 11) is 0. The maximum absolute atomic E-state index is 12.9. The number of imide groups is 2. The van der Waals surface area contributed by atoms with Crippen molar-refractivity contribution >= 4 is 29.5 Å². The summed E-state index contributed by atoms with van der Waals surface area (Å²) in [6.45, 7) is 0.793. The molecule has 10 nitrogen and oxygen atoms in total. The van der Waals surface area contributed by atoms with Crippen LogP contribution in [0.25, 0.3) is 0 Å². The molecule has 0 aliphatic carbocycles. The second-order valence-corrected chi connectivity index (χ2v) is 7.11. The van der Waals surface area contributed by atoms with Gasteiger partial charge in [-0.3, -0.25) is 34.2 Å². The van der Waals surface area contributed by atoms with Gasteiger partial charge in [0.05, 0.1) is 11.1 Å². The Bertz CT molecular complexity index is 884. The lowest BCUT2D eigenvalue weighted by Gasteiger charge is -2.27. The van der Waals surface area contributed by atoms with Gasteiger partial charge in [0.25, 0.3) is 17.7 Å². The minimum Gasteiger partial charge on any atom is -0.483 e.